The van der Waals surface area contributed by atoms with Crippen LogP contribution in [0.1, 0.15) is 20.3 Å². The molecule has 0 radical (unpaired) electrons. The van der Waals surface area contributed by atoms with E-state index < -0.39 is 0 Å². The lowest BCUT2D eigenvalue weighted by Crippen LogP contribution is -2.13. The summed E-state index contributed by atoms with van der Waals surface area (Å²) < 4.78 is 5.73. The molecule has 5 aliphatic carbocycles. The van der Waals surface area contributed by atoms with Crippen molar-refractivity contribution in [2.45, 2.75) is 26.4 Å². The highest BCUT2D eigenvalue weighted by Gasteiger charge is 2.84. The van der Waals surface area contributed by atoms with Gasteiger partial charge in [-0.2, -0.15) is 0 Å². The van der Waals surface area contributed by atoms with Gasteiger partial charge in [-0.1, -0.05) is 0 Å². The van der Waals surface area contributed by atoms with Crippen LogP contribution in [0.15, 0.2) is 0 Å². The summed E-state index contributed by atoms with van der Waals surface area (Å²) in [5.74, 6) is 8.00. The molecule has 72 valence electrons. The Morgan fingerprint density at radius 2 is 1.92 bits per heavy atom. The largest absolute Gasteiger partial charge is 0.378 e. The molecule has 2 unspecified atom stereocenters. The molecule has 8 atom stereocenters. The fourth-order valence-corrected chi connectivity index (χ4v) is 4.70. The summed E-state index contributed by atoms with van der Waals surface area (Å²) in [5.41, 5.74) is 0. The van der Waals surface area contributed by atoms with Crippen molar-refractivity contribution in [1.29, 1.82) is 0 Å². The quantitative estimate of drug-likeness (QED) is 0.643. The molecule has 0 spiro atoms. The third-order valence-electron chi connectivity index (χ3n) is 5.29. The van der Waals surface area contributed by atoms with Crippen molar-refractivity contribution in [3.63, 3.8) is 0 Å². The zero-order valence-corrected chi connectivity index (χ0v) is 8.44. The van der Waals surface area contributed by atoms with Gasteiger partial charge < -0.3 is 4.74 Å². The van der Waals surface area contributed by atoms with Crippen LogP contribution in [-0.2, 0) is 4.74 Å². The lowest BCUT2D eigenvalue weighted by atomic mass is 9.89. The molecule has 0 aromatic heterocycles. The fourth-order valence-electron chi connectivity index (χ4n) is 4.70. The Balaban J connectivity index is 1.47. The van der Waals surface area contributed by atoms with Crippen molar-refractivity contribution in [3.05, 3.63) is 0 Å². The van der Waals surface area contributed by atoms with Crippen molar-refractivity contribution < 1.29 is 4.74 Å². The van der Waals surface area contributed by atoms with Crippen molar-refractivity contribution in [3.8, 4) is 0 Å². The van der Waals surface area contributed by atoms with Crippen LogP contribution in [-0.4, -0.2) is 12.7 Å². The number of hydrogen-bond acceptors (Lipinski definition) is 1. The Morgan fingerprint density at radius 3 is 2.54 bits per heavy atom. The molecule has 0 aromatic rings. The molecule has 5 saturated carbocycles. The standard InChI is InChI=1S/C12H18O/c1-3-13-5(2)8-6-4-7-10-11(7)12(10)9(6)8/h5-12H,3-4H2,1-2H3/t5-,6+,7?,8-,9-,10-,11+,12?/m1/s1. The van der Waals surface area contributed by atoms with E-state index in [4.69, 9.17) is 4.74 Å². The summed E-state index contributed by atoms with van der Waals surface area (Å²) in [6.45, 7) is 5.31. The first kappa shape index (κ1) is 7.28. The minimum absolute atomic E-state index is 0.554. The van der Waals surface area contributed by atoms with Crippen molar-refractivity contribution >= 4 is 0 Å². The van der Waals surface area contributed by atoms with Gasteiger partial charge in [-0.05, 0) is 61.7 Å². The van der Waals surface area contributed by atoms with Crippen molar-refractivity contribution in [1.82, 2.24) is 0 Å². The van der Waals surface area contributed by atoms with Gasteiger partial charge >= 0.3 is 0 Å². The summed E-state index contributed by atoms with van der Waals surface area (Å²) in [6.07, 6.45) is 2.12. The molecule has 13 heavy (non-hydrogen) atoms. The molecule has 0 saturated heterocycles. The van der Waals surface area contributed by atoms with E-state index in [1.165, 1.54) is 23.7 Å². The Morgan fingerprint density at radius 1 is 1.15 bits per heavy atom. The van der Waals surface area contributed by atoms with Crippen molar-refractivity contribution in [2.24, 2.45) is 41.4 Å². The zero-order chi connectivity index (χ0) is 8.74. The maximum absolute atomic E-state index is 5.73. The second kappa shape index (κ2) is 1.98. The fraction of sp³-hybridized carbons (Fsp3) is 1.00. The summed E-state index contributed by atoms with van der Waals surface area (Å²) >= 11 is 0. The monoisotopic (exact) mass is 178 g/mol. The van der Waals surface area contributed by atoms with Gasteiger partial charge in [0.1, 0.15) is 0 Å². The van der Waals surface area contributed by atoms with Crippen LogP contribution in [0.3, 0.4) is 0 Å². The van der Waals surface area contributed by atoms with E-state index in [0.29, 0.717) is 6.10 Å². The zero-order valence-electron chi connectivity index (χ0n) is 8.44. The van der Waals surface area contributed by atoms with Crippen LogP contribution in [0, 0.1) is 41.4 Å². The second-order valence-electron chi connectivity index (χ2n) is 5.61. The average Bonchev–Trinajstić information content (AvgIpc) is 2.98. The normalized spacial score (nSPS) is 66.5. The summed E-state index contributed by atoms with van der Waals surface area (Å²) in [5, 5.41) is 0. The first-order valence-electron chi connectivity index (χ1n) is 5.96. The maximum atomic E-state index is 5.73. The smallest absolute Gasteiger partial charge is 0.0580 e. The van der Waals surface area contributed by atoms with Crippen LogP contribution in [0.25, 0.3) is 0 Å². The van der Waals surface area contributed by atoms with E-state index in [1.807, 2.05) is 0 Å². The molecular weight excluding hydrogens is 160 g/mol. The molecule has 1 heteroatoms. The predicted octanol–water partition coefficient (Wildman–Crippen LogP) is 2.17. The summed E-state index contributed by atoms with van der Waals surface area (Å²) in [6, 6.07) is 0. The molecule has 5 fully saturated rings. The molecular formula is C12H18O. The van der Waals surface area contributed by atoms with Crippen molar-refractivity contribution in [2.75, 3.05) is 6.61 Å². The molecule has 0 aliphatic heterocycles. The second-order valence-corrected chi connectivity index (χ2v) is 5.61. The first-order chi connectivity index (χ1) is 6.34. The minimum Gasteiger partial charge on any atom is -0.378 e. The molecule has 0 heterocycles. The van der Waals surface area contributed by atoms with Gasteiger partial charge in [-0.25, -0.2) is 0 Å². The maximum Gasteiger partial charge on any atom is 0.0580 e. The van der Waals surface area contributed by atoms with Crippen LogP contribution < -0.4 is 0 Å². The Labute approximate surface area is 79.8 Å². The summed E-state index contributed by atoms with van der Waals surface area (Å²) in [4.78, 5) is 0. The SMILES string of the molecule is CCO[C@H](C)[C@@H]1[C@@H]2CC3[C@@H]4C([C@H]34)[C@H]21. The van der Waals surface area contributed by atoms with Crippen LogP contribution >= 0.6 is 0 Å². The van der Waals surface area contributed by atoms with Gasteiger partial charge in [0.2, 0.25) is 0 Å². The highest BCUT2D eigenvalue weighted by molar-refractivity contribution is 5.31. The van der Waals surface area contributed by atoms with E-state index in [2.05, 4.69) is 13.8 Å². The lowest BCUT2D eigenvalue weighted by molar-refractivity contribution is 0.0536. The van der Waals surface area contributed by atoms with Gasteiger partial charge in [0.25, 0.3) is 0 Å². The number of ether oxygens (including phenoxy) is 1. The Kier molecular flexibility index (Phi) is 1.11. The van der Waals surface area contributed by atoms with Gasteiger partial charge in [-0.15, -0.1) is 0 Å². The molecule has 5 rings (SSSR count). The van der Waals surface area contributed by atoms with Gasteiger partial charge in [0, 0.05) is 6.61 Å². The van der Waals surface area contributed by atoms with Gasteiger partial charge in [0.15, 0.2) is 0 Å². The van der Waals surface area contributed by atoms with E-state index >= 15 is 0 Å². The van der Waals surface area contributed by atoms with Crippen LogP contribution in [0.4, 0.5) is 0 Å². The third-order valence-corrected chi connectivity index (χ3v) is 5.29. The van der Waals surface area contributed by atoms with E-state index in [9.17, 15) is 0 Å². The molecule has 5 aliphatic rings. The Hall–Kier alpha value is -0.0400. The predicted molar refractivity (Wildman–Crippen MR) is 50.1 cm³/mol. The number of hydrogen-bond donors (Lipinski definition) is 0. The van der Waals surface area contributed by atoms with Crippen LogP contribution in [0.5, 0.6) is 0 Å². The molecule has 0 aromatic carbocycles. The minimum atomic E-state index is 0.554. The molecule has 0 N–H and O–H groups in total. The topological polar surface area (TPSA) is 9.23 Å². The van der Waals surface area contributed by atoms with E-state index in [1.54, 1.807) is 6.42 Å². The molecule has 2 bridgehead atoms. The van der Waals surface area contributed by atoms with Gasteiger partial charge in [0.05, 0.1) is 6.10 Å². The third kappa shape index (κ3) is 0.707. The Bertz CT molecular complexity index is 245. The van der Waals surface area contributed by atoms with Gasteiger partial charge in [-0.3, -0.25) is 0 Å². The highest BCUT2D eigenvalue weighted by atomic mass is 16.5. The molecule has 0 amide bonds. The molecule has 1 nitrogen and oxygen atoms in total. The lowest BCUT2D eigenvalue weighted by Gasteiger charge is -2.16. The average molecular weight is 178 g/mol. The van der Waals surface area contributed by atoms with E-state index in [-0.39, 0.29) is 0 Å². The first-order valence-corrected chi connectivity index (χ1v) is 5.96. The van der Waals surface area contributed by atoms with E-state index in [0.717, 1.165) is 24.4 Å². The highest BCUT2D eigenvalue weighted by Crippen LogP contribution is 2.88. The number of rotatable bonds is 3. The summed E-state index contributed by atoms with van der Waals surface area (Å²) in [7, 11) is 0. The van der Waals surface area contributed by atoms with Crippen LogP contribution in [0.2, 0.25) is 0 Å².